The van der Waals surface area contributed by atoms with Crippen LogP contribution in [0.1, 0.15) is 55.1 Å². The Hall–Kier alpha value is -2.67. The van der Waals surface area contributed by atoms with E-state index in [1.165, 1.54) is 13.5 Å². The van der Waals surface area contributed by atoms with Crippen molar-refractivity contribution in [3.63, 3.8) is 0 Å². The number of hydrogen-bond acceptors (Lipinski definition) is 6. The molecule has 162 valence electrons. The van der Waals surface area contributed by atoms with E-state index in [4.69, 9.17) is 4.74 Å². The molecule has 0 aliphatic carbocycles. The molecule has 1 aromatic carbocycles. The standard InChI is InChI=1S/C23H30N2O5/c1-15(2)20(26)18-19(16-7-9-17(10-8-16)23(29)30-3)25(22(28)21(18)27)14-13-24-11-5-4-6-12-24/h7-10,15,19,27H,4-6,11-14H2,1-3H3. The second-order valence-electron chi connectivity index (χ2n) is 8.20. The number of likely N-dealkylation sites (tertiary alicyclic amines) is 1. The first-order chi connectivity index (χ1) is 14.3. The lowest BCUT2D eigenvalue weighted by atomic mass is 9.91. The van der Waals surface area contributed by atoms with Crippen LogP contribution in [0.3, 0.4) is 0 Å². The lowest BCUT2D eigenvalue weighted by Crippen LogP contribution is -2.40. The van der Waals surface area contributed by atoms with Crippen molar-refractivity contribution in [2.24, 2.45) is 5.92 Å². The van der Waals surface area contributed by atoms with Crippen LogP contribution in [-0.2, 0) is 14.3 Å². The van der Waals surface area contributed by atoms with Gasteiger partial charge in [0.05, 0.1) is 24.3 Å². The fraction of sp³-hybridized carbons (Fsp3) is 0.522. The van der Waals surface area contributed by atoms with Crippen molar-refractivity contribution < 1.29 is 24.2 Å². The third-order valence-corrected chi connectivity index (χ3v) is 5.85. The minimum atomic E-state index is -0.663. The highest BCUT2D eigenvalue weighted by atomic mass is 16.5. The van der Waals surface area contributed by atoms with Crippen LogP contribution in [0.4, 0.5) is 0 Å². The maximum atomic E-state index is 12.9. The fourth-order valence-corrected chi connectivity index (χ4v) is 4.15. The quantitative estimate of drug-likeness (QED) is 0.691. The number of Topliss-reactive ketones (excluding diaryl/α,β-unsaturated/α-hetero) is 1. The van der Waals surface area contributed by atoms with Crippen molar-refractivity contribution in [1.82, 2.24) is 9.80 Å². The molecule has 1 aromatic rings. The second-order valence-corrected chi connectivity index (χ2v) is 8.20. The number of carbonyl (C=O) groups is 3. The van der Waals surface area contributed by atoms with Gasteiger partial charge in [-0.2, -0.15) is 0 Å². The monoisotopic (exact) mass is 414 g/mol. The normalized spacial score (nSPS) is 20.2. The minimum absolute atomic E-state index is 0.138. The van der Waals surface area contributed by atoms with Crippen LogP contribution in [0.15, 0.2) is 35.6 Å². The van der Waals surface area contributed by atoms with Gasteiger partial charge in [-0.05, 0) is 43.6 Å². The molecule has 0 aromatic heterocycles. The summed E-state index contributed by atoms with van der Waals surface area (Å²) in [6.45, 7) is 6.61. The first-order valence-corrected chi connectivity index (χ1v) is 10.5. The van der Waals surface area contributed by atoms with Gasteiger partial charge in [-0.25, -0.2) is 4.79 Å². The third-order valence-electron chi connectivity index (χ3n) is 5.85. The summed E-state index contributed by atoms with van der Waals surface area (Å²) in [5.41, 5.74) is 1.21. The Morgan fingerprint density at radius 2 is 1.73 bits per heavy atom. The van der Waals surface area contributed by atoms with Crippen LogP contribution in [0.5, 0.6) is 0 Å². The molecule has 3 rings (SSSR count). The van der Waals surface area contributed by atoms with Gasteiger partial charge in [0, 0.05) is 19.0 Å². The molecule has 0 saturated carbocycles. The summed E-state index contributed by atoms with van der Waals surface area (Å²) >= 11 is 0. The molecule has 1 unspecified atom stereocenters. The molecule has 1 N–H and O–H groups in total. The summed E-state index contributed by atoms with van der Waals surface area (Å²) < 4.78 is 4.74. The molecule has 30 heavy (non-hydrogen) atoms. The van der Waals surface area contributed by atoms with Crippen LogP contribution in [0.2, 0.25) is 0 Å². The third kappa shape index (κ3) is 4.41. The molecule has 7 nitrogen and oxygen atoms in total. The number of hydrogen-bond donors (Lipinski definition) is 1. The van der Waals surface area contributed by atoms with E-state index in [0.717, 1.165) is 25.9 Å². The van der Waals surface area contributed by atoms with Crippen LogP contribution < -0.4 is 0 Å². The van der Waals surface area contributed by atoms with Crippen LogP contribution >= 0.6 is 0 Å². The zero-order valence-corrected chi connectivity index (χ0v) is 17.9. The van der Waals surface area contributed by atoms with Gasteiger partial charge >= 0.3 is 5.97 Å². The molecule has 2 heterocycles. The highest BCUT2D eigenvalue weighted by molar-refractivity contribution is 6.09. The molecule has 2 aliphatic heterocycles. The maximum absolute atomic E-state index is 12.9. The van der Waals surface area contributed by atoms with E-state index in [2.05, 4.69) is 4.90 Å². The van der Waals surface area contributed by atoms with E-state index in [9.17, 15) is 19.5 Å². The van der Waals surface area contributed by atoms with E-state index in [1.54, 1.807) is 43.0 Å². The van der Waals surface area contributed by atoms with Gasteiger partial charge in [-0.15, -0.1) is 0 Å². The molecular weight excluding hydrogens is 384 g/mol. The molecule has 1 fully saturated rings. The number of piperidine rings is 1. The number of amides is 1. The van der Waals surface area contributed by atoms with Crippen LogP contribution in [0, 0.1) is 5.92 Å². The first-order valence-electron chi connectivity index (χ1n) is 10.5. The van der Waals surface area contributed by atoms with Gasteiger partial charge in [0.2, 0.25) is 0 Å². The summed E-state index contributed by atoms with van der Waals surface area (Å²) in [5, 5.41) is 10.6. The van der Waals surface area contributed by atoms with Gasteiger partial charge in [0.15, 0.2) is 11.5 Å². The summed E-state index contributed by atoms with van der Waals surface area (Å²) in [7, 11) is 1.31. The molecule has 0 bridgehead atoms. The zero-order valence-electron chi connectivity index (χ0n) is 17.9. The maximum Gasteiger partial charge on any atom is 0.337 e. The SMILES string of the molecule is COC(=O)c1ccc(C2C(C(=O)C(C)C)=C(O)C(=O)N2CCN2CCCCC2)cc1. The van der Waals surface area contributed by atoms with Gasteiger partial charge in [-0.3, -0.25) is 9.59 Å². The van der Waals surface area contributed by atoms with E-state index in [1.807, 2.05) is 0 Å². The average molecular weight is 415 g/mol. The lowest BCUT2D eigenvalue weighted by Gasteiger charge is -2.32. The second kappa shape index (κ2) is 9.43. The number of methoxy groups -OCH3 is 1. The van der Waals surface area contributed by atoms with E-state index < -0.39 is 23.7 Å². The lowest BCUT2D eigenvalue weighted by molar-refractivity contribution is -0.129. The van der Waals surface area contributed by atoms with Crippen molar-refractivity contribution in [2.75, 3.05) is 33.3 Å². The van der Waals surface area contributed by atoms with Crippen molar-refractivity contribution in [2.45, 2.75) is 39.2 Å². The zero-order chi connectivity index (χ0) is 21.8. The highest BCUT2D eigenvalue weighted by Crippen LogP contribution is 2.38. The number of aliphatic hydroxyl groups is 1. The van der Waals surface area contributed by atoms with Crippen molar-refractivity contribution >= 4 is 17.7 Å². The topological polar surface area (TPSA) is 87.2 Å². The van der Waals surface area contributed by atoms with E-state index in [0.29, 0.717) is 24.2 Å². The van der Waals surface area contributed by atoms with Crippen LogP contribution in [0.25, 0.3) is 0 Å². The Bertz CT molecular complexity index is 838. The van der Waals surface area contributed by atoms with Crippen LogP contribution in [-0.4, -0.2) is 65.9 Å². The Morgan fingerprint density at radius 1 is 1.10 bits per heavy atom. The number of benzene rings is 1. The summed E-state index contributed by atoms with van der Waals surface area (Å²) in [6, 6.07) is 5.99. The van der Waals surface area contributed by atoms with Gasteiger partial charge in [-0.1, -0.05) is 32.4 Å². The smallest absolute Gasteiger partial charge is 0.337 e. The van der Waals surface area contributed by atoms with Crippen molar-refractivity contribution in [3.8, 4) is 0 Å². The largest absolute Gasteiger partial charge is 0.503 e. The number of rotatable bonds is 7. The number of ketones is 1. The molecule has 1 saturated heterocycles. The predicted octanol–water partition coefficient (Wildman–Crippen LogP) is 2.88. The number of aliphatic hydroxyl groups excluding tert-OH is 1. The Labute approximate surface area is 177 Å². The van der Waals surface area contributed by atoms with Crippen molar-refractivity contribution in [3.05, 3.63) is 46.7 Å². The molecule has 7 heteroatoms. The average Bonchev–Trinajstić information content (AvgIpc) is 3.02. The highest BCUT2D eigenvalue weighted by Gasteiger charge is 2.43. The summed E-state index contributed by atoms with van der Waals surface area (Å²) in [6.07, 6.45) is 3.52. The summed E-state index contributed by atoms with van der Waals surface area (Å²) in [4.78, 5) is 41.4. The number of ether oxygens (including phenoxy) is 1. The van der Waals surface area contributed by atoms with E-state index in [-0.39, 0.29) is 17.3 Å². The van der Waals surface area contributed by atoms with Gasteiger partial charge in [0.1, 0.15) is 0 Å². The van der Waals surface area contributed by atoms with Gasteiger partial charge < -0.3 is 19.6 Å². The fourth-order valence-electron chi connectivity index (χ4n) is 4.15. The number of esters is 1. The molecule has 1 amide bonds. The molecule has 1 atom stereocenters. The first kappa shape index (κ1) is 22.0. The molecule has 0 radical (unpaired) electrons. The van der Waals surface area contributed by atoms with Crippen molar-refractivity contribution in [1.29, 1.82) is 0 Å². The Kier molecular flexibility index (Phi) is 6.92. The number of nitrogens with zero attached hydrogens (tertiary/aromatic N) is 2. The Balaban J connectivity index is 1.91. The molecular formula is C23H30N2O5. The molecule has 0 spiro atoms. The number of carbonyl (C=O) groups excluding carboxylic acids is 3. The van der Waals surface area contributed by atoms with E-state index >= 15 is 0 Å². The predicted molar refractivity (Wildman–Crippen MR) is 112 cm³/mol. The summed E-state index contributed by atoms with van der Waals surface area (Å²) in [5.74, 6) is -2.03. The van der Waals surface area contributed by atoms with Gasteiger partial charge in [0.25, 0.3) is 5.91 Å². The molecule has 2 aliphatic rings. The Morgan fingerprint density at radius 3 is 2.30 bits per heavy atom. The minimum Gasteiger partial charge on any atom is -0.503 e.